The summed E-state index contributed by atoms with van der Waals surface area (Å²) in [5.41, 5.74) is 0.632. The van der Waals surface area contributed by atoms with Crippen molar-refractivity contribution in [1.82, 2.24) is 4.98 Å². The Labute approximate surface area is 109 Å². The molecular formula is C12H16N2O3S. The van der Waals surface area contributed by atoms with Crippen molar-refractivity contribution in [2.75, 3.05) is 5.32 Å². The fraction of sp³-hybridized carbons (Fsp3) is 0.583. The Morgan fingerprint density at radius 1 is 1.50 bits per heavy atom. The zero-order valence-electron chi connectivity index (χ0n) is 10.4. The lowest BCUT2D eigenvalue weighted by Gasteiger charge is -2.03. The van der Waals surface area contributed by atoms with Gasteiger partial charge in [-0.2, -0.15) is 0 Å². The van der Waals surface area contributed by atoms with E-state index in [4.69, 9.17) is 5.11 Å². The number of hydrogen-bond acceptors (Lipinski definition) is 4. The standard InChI is InChI=1S/C12H16N2O3S/c1-6(2)5-8(15)13-12-14-9(7-3-4-7)10(18-12)11(16)17/h6-7H,3-5H2,1-2H3,(H,16,17)(H,13,14,15). The van der Waals surface area contributed by atoms with E-state index in [1.54, 1.807) is 0 Å². The highest BCUT2D eigenvalue weighted by molar-refractivity contribution is 7.17. The molecule has 2 rings (SSSR count). The molecule has 0 spiro atoms. The van der Waals surface area contributed by atoms with Crippen molar-refractivity contribution in [2.24, 2.45) is 5.92 Å². The topological polar surface area (TPSA) is 79.3 Å². The van der Waals surface area contributed by atoms with Gasteiger partial charge >= 0.3 is 5.97 Å². The highest BCUT2D eigenvalue weighted by Gasteiger charge is 2.32. The lowest BCUT2D eigenvalue weighted by Crippen LogP contribution is -2.13. The van der Waals surface area contributed by atoms with Crippen LogP contribution in [0.25, 0.3) is 0 Å². The number of carboxylic acid groups (broad SMARTS) is 1. The molecule has 2 N–H and O–H groups in total. The molecule has 1 aliphatic carbocycles. The number of nitrogens with zero attached hydrogens (tertiary/aromatic N) is 1. The summed E-state index contributed by atoms with van der Waals surface area (Å²) in [5.74, 6) is -0.535. The number of nitrogens with one attached hydrogen (secondary N) is 1. The maximum absolute atomic E-state index is 11.6. The van der Waals surface area contributed by atoms with E-state index in [1.165, 1.54) is 0 Å². The molecule has 1 fully saturated rings. The maximum Gasteiger partial charge on any atom is 0.347 e. The molecule has 0 atom stereocenters. The summed E-state index contributed by atoms with van der Waals surface area (Å²) in [4.78, 5) is 27.2. The van der Waals surface area contributed by atoms with E-state index in [0.29, 0.717) is 17.2 Å². The summed E-state index contributed by atoms with van der Waals surface area (Å²) < 4.78 is 0. The Morgan fingerprint density at radius 3 is 2.67 bits per heavy atom. The molecule has 0 bridgehead atoms. The van der Waals surface area contributed by atoms with Gasteiger partial charge in [0, 0.05) is 12.3 Å². The third kappa shape index (κ3) is 3.07. The number of hydrogen-bond donors (Lipinski definition) is 2. The third-order valence-electron chi connectivity index (χ3n) is 2.65. The molecule has 0 aliphatic heterocycles. The van der Waals surface area contributed by atoms with Gasteiger partial charge in [0.1, 0.15) is 4.88 Å². The first-order valence-electron chi connectivity index (χ1n) is 6.01. The van der Waals surface area contributed by atoms with Crippen LogP contribution < -0.4 is 5.32 Å². The third-order valence-corrected chi connectivity index (χ3v) is 3.63. The summed E-state index contributed by atoms with van der Waals surface area (Å²) in [6, 6.07) is 0. The molecule has 1 aromatic heterocycles. The molecule has 98 valence electrons. The minimum Gasteiger partial charge on any atom is -0.477 e. The van der Waals surface area contributed by atoms with Gasteiger partial charge in [-0.05, 0) is 18.8 Å². The van der Waals surface area contributed by atoms with Crippen molar-refractivity contribution >= 4 is 28.3 Å². The lowest BCUT2D eigenvalue weighted by atomic mass is 10.1. The molecule has 1 aromatic rings. The summed E-state index contributed by atoms with van der Waals surface area (Å²) in [5, 5.41) is 12.2. The van der Waals surface area contributed by atoms with Crippen molar-refractivity contribution in [3.05, 3.63) is 10.6 Å². The SMILES string of the molecule is CC(C)CC(=O)Nc1nc(C2CC2)c(C(=O)O)s1. The Morgan fingerprint density at radius 2 is 2.17 bits per heavy atom. The monoisotopic (exact) mass is 268 g/mol. The second kappa shape index (κ2) is 5.06. The smallest absolute Gasteiger partial charge is 0.347 e. The second-order valence-corrected chi connectivity index (χ2v) is 5.96. The van der Waals surface area contributed by atoms with Crippen LogP contribution in [0.1, 0.15) is 54.4 Å². The molecule has 1 heterocycles. The van der Waals surface area contributed by atoms with Crippen LogP contribution in [0.4, 0.5) is 5.13 Å². The Kier molecular flexibility index (Phi) is 3.65. The first kappa shape index (κ1) is 13.0. The van der Waals surface area contributed by atoms with Gasteiger partial charge < -0.3 is 10.4 Å². The average molecular weight is 268 g/mol. The van der Waals surface area contributed by atoms with E-state index in [1.807, 2.05) is 13.8 Å². The number of thiazole rings is 1. The largest absolute Gasteiger partial charge is 0.477 e. The molecule has 18 heavy (non-hydrogen) atoms. The van der Waals surface area contributed by atoms with Gasteiger partial charge in [-0.15, -0.1) is 0 Å². The lowest BCUT2D eigenvalue weighted by molar-refractivity contribution is -0.116. The van der Waals surface area contributed by atoms with E-state index >= 15 is 0 Å². The zero-order chi connectivity index (χ0) is 13.3. The number of carbonyl (C=O) groups is 2. The Hall–Kier alpha value is -1.43. The summed E-state index contributed by atoms with van der Waals surface area (Å²) in [6.07, 6.45) is 2.40. The number of carbonyl (C=O) groups excluding carboxylic acids is 1. The quantitative estimate of drug-likeness (QED) is 0.860. The minimum atomic E-state index is -0.959. The first-order chi connectivity index (χ1) is 8.47. The first-order valence-corrected chi connectivity index (χ1v) is 6.83. The van der Waals surface area contributed by atoms with E-state index in [-0.39, 0.29) is 22.6 Å². The van der Waals surface area contributed by atoms with E-state index < -0.39 is 5.97 Å². The van der Waals surface area contributed by atoms with Crippen LogP contribution in [0, 0.1) is 5.92 Å². The summed E-state index contributed by atoms with van der Waals surface area (Å²) in [6.45, 7) is 3.92. The van der Waals surface area contributed by atoms with Gasteiger partial charge in [0.2, 0.25) is 5.91 Å². The predicted molar refractivity (Wildman–Crippen MR) is 69.1 cm³/mol. The van der Waals surface area contributed by atoms with Crippen LogP contribution in [0.15, 0.2) is 0 Å². The molecule has 0 radical (unpaired) electrons. The summed E-state index contributed by atoms with van der Waals surface area (Å²) >= 11 is 1.05. The molecular weight excluding hydrogens is 252 g/mol. The Balaban J connectivity index is 2.11. The molecule has 0 aromatic carbocycles. The van der Waals surface area contributed by atoms with Gasteiger partial charge in [0.05, 0.1) is 5.69 Å². The molecule has 1 aliphatic rings. The van der Waals surface area contributed by atoms with Gasteiger partial charge in [0.25, 0.3) is 0 Å². The van der Waals surface area contributed by atoms with Crippen LogP contribution in [0.3, 0.4) is 0 Å². The number of aromatic nitrogens is 1. The molecule has 0 unspecified atom stereocenters. The van der Waals surface area contributed by atoms with Crippen molar-refractivity contribution < 1.29 is 14.7 Å². The van der Waals surface area contributed by atoms with E-state index in [2.05, 4.69) is 10.3 Å². The highest BCUT2D eigenvalue weighted by atomic mass is 32.1. The van der Waals surface area contributed by atoms with Crippen molar-refractivity contribution in [3.8, 4) is 0 Å². The molecule has 6 heteroatoms. The maximum atomic E-state index is 11.6. The van der Waals surface area contributed by atoms with Crippen molar-refractivity contribution in [2.45, 2.75) is 39.0 Å². The van der Waals surface area contributed by atoms with Crippen molar-refractivity contribution in [1.29, 1.82) is 0 Å². The van der Waals surface area contributed by atoms with Gasteiger partial charge in [0.15, 0.2) is 5.13 Å². The fourth-order valence-electron chi connectivity index (χ4n) is 1.71. The molecule has 0 saturated heterocycles. The fourth-order valence-corrected chi connectivity index (χ4v) is 2.62. The molecule has 1 amide bonds. The summed E-state index contributed by atoms with van der Waals surface area (Å²) in [7, 11) is 0. The van der Waals surface area contributed by atoms with Gasteiger partial charge in [-0.1, -0.05) is 25.2 Å². The molecule has 5 nitrogen and oxygen atoms in total. The van der Waals surface area contributed by atoms with Gasteiger partial charge in [-0.3, -0.25) is 4.79 Å². The minimum absolute atomic E-state index is 0.113. The number of aromatic carboxylic acids is 1. The van der Waals surface area contributed by atoms with Crippen LogP contribution in [-0.2, 0) is 4.79 Å². The van der Waals surface area contributed by atoms with Gasteiger partial charge in [-0.25, -0.2) is 9.78 Å². The highest BCUT2D eigenvalue weighted by Crippen LogP contribution is 2.43. The number of rotatable bonds is 5. The van der Waals surface area contributed by atoms with Crippen molar-refractivity contribution in [3.63, 3.8) is 0 Å². The van der Waals surface area contributed by atoms with Crippen LogP contribution in [0.5, 0.6) is 0 Å². The second-order valence-electron chi connectivity index (χ2n) is 4.96. The average Bonchev–Trinajstić information content (AvgIpc) is 2.99. The number of anilines is 1. The van der Waals surface area contributed by atoms with Crippen LogP contribution in [0.2, 0.25) is 0 Å². The van der Waals surface area contributed by atoms with Crippen LogP contribution in [-0.4, -0.2) is 22.0 Å². The Bertz CT molecular complexity index is 478. The van der Waals surface area contributed by atoms with E-state index in [9.17, 15) is 9.59 Å². The number of amides is 1. The van der Waals surface area contributed by atoms with E-state index in [0.717, 1.165) is 24.2 Å². The number of carboxylic acids is 1. The zero-order valence-corrected chi connectivity index (χ0v) is 11.2. The normalized spacial score (nSPS) is 14.8. The predicted octanol–water partition coefficient (Wildman–Crippen LogP) is 2.70. The molecule has 1 saturated carbocycles. The van der Waals surface area contributed by atoms with Crippen LogP contribution >= 0.6 is 11.3 Å².